The van der Waals surface area contributed by atoms with E-state index in [2.05, 4.69) is 6.58 Å². The minimum absolute atomic E-state index is 0.223. The van der Waals surface area contributed by atoms with Crippen LogP contribution in [0.3, 0.4) is 0 Å². The summed E-state index contributed by atoms with van der Waals surface area (Å²) in [7, 11) is 0. The van der Waals surface area contributed by atoms with Gasteiger partial charge in [-0.25, -0.2) is 0 Å². The molecule has 1 unspecified atom stereocenters. The molecule has 2 aliphatic rings. The van der Waals surface area contributed by atoms with Gasteiger partial charge in [0.2, 0.25) is 5.91 Å². The Morgan fingerprint density at radius 2 is 2.60 bits per heavy atom. The average Bonchev–Trinajstić information content (AvgIpc) is 1.86. The van der Waals surface area contributed by atoms with Crippen LogP contribution in [0.2, 0.25) is 0 Å². The fourth-order valence-electron chi connectivity index (χ4n) is 1.06. The van der Waals surface area contributed by atoms with E-state index in [4.69, 9.17) is 0 Å². The smallest absolute Gasteiger partial charge is 0.230 e. The fourth-order valence-corrected chi connectivity index (χ4v) is 2.07. The highest BCUT2D eigenvalue weighted by molar-refractivity contribution is 8.04. The van der Waals surface area contributed by atoms with Gasteiger partial charge in [0.15, 0.2) is 0 Å². The van der Waals surface area contributed by atoms with Crippen LogP contribution < -0.4 is 0 Å². The van der Waals surface area contributed by atoms with Crippen molar-refractivity contribution >= 4 is 17.7 Å². The highest BCUT2D eigenvalue weighted by Crippen LogP contribution is 2.37. The molecule has 52 valence electrons. The van der Waals surface area contributed by atoms with E-state index in [0.29, 0.717) is 11.8 Å². The molecule has 1 saturated heterocycles. The zero-order chi connectivity index (χ0) is 7.14. The lowest BCUT2D eigenvalue weighted by Gasteiger charge is -2.39. The zero-order valence-electron chi connectivity index (χ0n) is 5.41. The lowest BCUT2D eigenvalue weighted by Crippen LogP contribution is -2.48. The van der Waals surface area contributed by atoms with Crippen molar-refractivity contribution in [2.45, 2.75) is 11.8 Å². The summed E-state index contributed by atoms with van der Waals surface area (Å²) >= 11 is 1.66. The first kappa shape index (κ1) is 6.04. The SMILES string of the molecule is C=C1C=CN2C(=O)CC2S1. The Morgan fingerprint density at radius 1 is 1.80 bits per heavy atom. The van der Waals surface area contributed by atoms with Gasteiger partial charge in [-0.1, -0.05) is 6.58 Å². The second-order valence-electron chi connectivity index (χ2n) is 2.36. The van der Waals surface area contributed by atoms with E-state index in [1.807, 2.05) is 12.3 Å². The minimum atomic E-state index is 0.223. The molecule has 0 radical (unpaired) electrons. The van der Waals surface area contributed by atoms with Gasteiger partial charge in [-0.05, 0) is 6.08 Å². The van der Waals surface area contributed by atoms with Gasteiger partial charge in [0, 0.05) is 11.1 Å². The van der Waals surface area contributed by atoms with Crippen molar-refractivity contribution in [2.24, 2.45) is 0 Å². The predicted molar refractivity (Wildman–Crippen MR) is 41.1 cm³/mol. The molecule has 0 saturated carbocycles. The van der Waals surface area contributed by atoms with Gasteiger partial charge in [-0.3, -0.25) is 4.79 Å². The molecule has 0 aromatic rings. The lowest BCUT2D eigenvalue weighted by molar-refractivity contribution is -0.137. The summed E-state index contributed by atoms with van der Waals surface area (Å²) in [4.78, 5) is 13.6. The number of allylic oxidation sites excluding steroid dienone is 1. The first-order valence-corrected chi connectivity index (χ1v) is 4.00. The molecule has 1 atom stereocenters. The molecule has 2 heterocycles. The van der Waals surface area contributed by atoms with Gasteiger partial charge in [0.05, 0.1) is 11.8 Å². The van der Waals surface area contributed by atoms with Crippen LogP contribution >= 0.6 is 11.8 Å². The van der Waals surface area contributed by atoms with Crippen molar-refractivity contribution in [1.29, 1.82) is 0 Å². The van der Waals surface area contributed by atoms with Crippen LogP contribution in [0.4, 0.5) is 0 Å². The molecule has 2 aliphatic heterocycles. The number of thioether (sulfide) groups is 1. The summed E-state index contributed by atoms with van der Waals surface area (Å²) in [5.74, 6) is 0.223. The molecule has 2 nitrogen and oxygen atoms in total. The van der Waals surface area contributed by atoms with Crippen LogP contribution in [0.15, 0.2) is 23.8 Å². The van der Waals surface area contributed by atoms with Gasteiger partial charge in [0.25, 0.3) is 0 Å². The maximum atomic E-state index is 10.8. The predicted octanol–water partition coefficient (Wildman–Crippen LogP) is 1.32. The lowest BCUT2D eigenvalue weighted by atomic mass is 10.2. The van der Waals surface area contributed by atoms with Crippen LogP contribution in [0.25, 0.3) is 0 Å². The van der Waals surface area contributed by atoms with Gasteiger partial charge in [0.1, 0.15) is 0 Å². The van der Waals surface area contributed by atoms with E-state index in [9.17, 15) is 4.79 Å². The van der Waals surface area contributed by atoms with E-state index in [-0.39, 0.29) is 5.91 Å². The first-order valence-electron chi connectivity index (χ1n) is 3.12. The third-order valence-electron chi connectivity index (χ3n) is 1.66. The van der Waals surface area contributed by atoms with Gasteiger partial charge >= 0.3 is 0 Å². The molecule has 0 bridgehead atoms. The number of hydrogen-bond donors (Lipinski definition) is 0. The number of hydrogen-bond acceptors (Lipinski definition) is 2. The van der Waals surface area contributed by atoms with Crippen LogP contribution in [0, 0.1) is 0 Å². The van der Waals surface area contributed by atoms with Gasteiger partial charge in [-0.2, -0.15) is 0 Å². The molecule has 2 rings (SSSR count). The summed E-state index contributed by atoms with van der Waals surface area (Å²) < 4.78 is 0. The number of rotatable bonds is 0. The summed E-state index contributed by atoms with van der Waals surface area (Å²) in [6.45, 7) is 3.80. The van der Waals surface area contributed by atoms with Crippen molar-refractivity contribution < 1.29 is 4.79 Å². The van der Waals surface area contributed by atoms with Crippen molar-refractivity contribution in [2.75, 3.05) is 0 Å². The molecule has 0 N–H and O–H groups in total. The molecular formula is C7H7NOS. The van der Waals surface area contributed by atoms with Gasteiger partial charge in [-0.15, -0.1) is 11.8 Å². The number of carbonyl (C=O) groups excluding carboxylic acids is 1. The molecule has 0 aliphatic carbocycles. The molecule has 0 aromatic heterocycles. The average molecular weight is 153 g/mol. The van der Waals surface area contributed by atoms with E-state index in [1.165, 1.54) is 0 Å². The zero-order valence-corrected chi connectivity index (χ0v) is 6.23. The highest BCUT2D eigenvalue weighted by atomic mass is 32.2. The topological polar surface area (TPSA) is 20.3 Å². The standard InChI is InChI=1S/C7H7NOS/c1-5-2-3-8-6(9)4-7(8)10-5/h2-3,7H,1,4H2. The summed E-state index contributed by atoms with van der Waals surface area (Å²) in [6, 6.07) is 0. The first-order chi connectivity index (χ1) is 4.77. The number of nitrogens with zero attached hydrogens (tertiary/aromatic N) is 1. The second kappa shape index (κ2) is 1.89. The van der Waals surface area contributed by atoms with Crippen LogP contribution in [-0.2, 0) is 4.79 Å². The Bertz CT molecular complexity index is 234. The summed E-state index contributed by atoms with van der Waals surface area (Å²) in [6.07, 6.45) is 4.36. The quantitative estimate of drug-likeness (QED) is 0.489. The van der Waals surface area contributed by atoms with Crippen LogP contribution in [0.1, 0.15) is 6.42 Å². The van der Waals surface area contributed by atoms with E-state index >= 15 is 0 Å². The molecule has 3 heteroatoms. The normalized spacial score (nSPS) is 30.0. The Labute approximate surface area is 63.6 Å². The largest absolute Gasteiger partial charge is 0.306 e. The maximum absolute atomic E-state index is 10.8. The van der Waals surface area contributed by atoms with Crippen LogP contribution in [-0.4, -0.2) is 16.2 Å². The van der Waals surface area contributed by atoms with Crippen molar-refractivity contribution in [1.82, 2.24) is 4.90 Å². The van der Waals surface area contributed by atoms with Crippen molar-refractivity contribution in [3.8, 4) is 0 Å². The fraction of sp³-hybridized carbons (Fsp3) is 0.286. The highest BCUT2D eigenvalue weighted by Gasteiger charge is 2.36. The number of amides is 1. The van der Waals surface area contributed by atoms with E-state index in [1.54, 1.807) is 16.7 Å². The summed E-state index contributed by atoms with van der Waals surface area (Å²) in [5.41, 5.74) is 0. The number of β-lactam (4-membered cyclic amide) rings is 1. The van der Waals surface area contributed by atoms with E-state index < -0.39 is 0 Å². The molecule has 0 aromatic carbocycles. The number of carbonyl (C=O) groups is 1. The van der Waals surface area contributed by atoms with Gasteiger partial charge < -0.3 is 4.90 Å². The Kier molecular flexibility index (Phi) is 1.14. The van der Waals surface area contributed by atoms with E-state index in [0.717, 1.165) is 4.91 Å². The Morgan fingerprint density at radius 3 is 3.20 bits per heavy atom. The Balaban J connectivity index is 2.21. The molecule has 1 amide bonds. The van der Waals surface area contributed by atoms with Crippen molar-refractivity contribution in [3.05, 3.63) is 23.8 Å². The Hall–Kier alpha value is -0.700. The molecule has 0 spiro atoms. The minimum Gasteiger partial charge on any atom is -0.306 e. The molecule has 10 heavy (non-hydrogen) atoms. The van der Waals surface area contributed by atoms with Crippen LogP contribution in [0.5, 0.6) is 0 Å². The maximum Gasteiger partial charge on any atom is 0.230 e. The second-order valence-corrected chi connectivity index (χ2v) is 3.66. The monoisotopic (exact) mass is 153 g/mol. The molecular weight excluding hydrogens is 146 g/mol. The van der Waals surface area contributed by atoms with Crippen molar-refractivity contribution in [3.63, 3.8) is 0 Å². The number of fused-ring (bicyclic) bond motifs is 1. The molecule has 1 fully saturated rings. The third-order valence-corrected chi connectivity index (χ3v) is 2.76. The summed E-state index contributed by atoms with van der Waals surface area (Å²) in [5, 5.41) is 0.352. The third kappa shape index (κ3) is 0.703.